The Morgan fingerprint density at radius 3 is 2.96 bits per heavy atom. The lowest BCUT2D eigenvalue weighted by molar-refractivity contribution is 0.0606. The molecule has 1 aromatic rings. The molecule has 3 heterocycles. The molecule has 2 fully saturated rings. The number of hydrogen-bond acceptors (Lipinski definition) is 5. The maximum absolute atomic E-state index is 12.3. The Balaban J connectivity index is 1.55. The average Bonchev–Trinajstić information content (AvgIpc) is 2.58. The van der Waals surface area contributed by atoms with Gasteiger partial charge in [-0.05, 0) is 44.9 Å². The van der Waals surface area contributed by atoms with E-state index in [1.807, 2.05) is 0 Å². The number of nitrogens with zero attached hydrogens (tertiary/aromatic N) is 3. The molecule has 6 heteroatoms. The van der Waals surface area contributed by atoms with Gasteiger partial charge in [0.2, 0.25) is 0 Å². The number of piperidine rings is 1. The van der Waals surface area contributed by atoms with Crippen LogP contribution in [0.4, 0.5) is 5.82 Å². The van der Waals surface area contributed by atoms with E-state index in [1.54, 1.807) is 24.0 Å². The molecule has 2 aliphatic heterocycles. The van der Waals surface area contributed by atoms with E-state index in [2.05, 4.69) is 22.1 Å². The van der Waals surface area contributed by atoms with Crippen LogP contribution < -0.4 is 15.8 Å². The second-order valence-corrected chi connectivity index (χ2v) is 7.31. The summed E-state index contributed by atoms with van der Waals surface area (Å²) >= 11 is 0. The van der Waals surface area contributed by atoms with Gasteiger partial charge in [-0.2, -0.15) is 0 Å². The van der Waals surface area contributed by atoms with Crippen LogP contribution >= 0.6 is 0 Å². The van der Waals surface area contributed by atoms with E-state index < -0.39 is 0 Å². The molecule has 1 N–H and O–H groups in total. The van der Waals surface area contributed by atoms with Crippen molar-refractivity contribution in [2.45, 2.75) is 51.1 Å². The molecule has 1 aromatic heterocycles. The summed E-state index contributed by atoms with van der Waals surface area (Å²) in [4.78, 5) is 18.8. The van der Waals surface area contributed by atoms with Gasteiger partial charge in [-0.25, -0.2) is 4.98 Å². The number of aromatic nitrogens is 2. The third-order valence-corrected chi connectivity index (χ3v) is 5.27. The largest absolute Gasteiger partial charge is 0.381 e. The Morgan fingerprint density at radius 1 is 1.38 bits per heavy atom. The summed E-state index contributed by atoms with van der Waals surface area (Å²) in [6.45, 7) is 5.90. The summed E-state index contributed by atoms with van der Waals surface area (Å²) in [6, 6.07) is 0.935. The zero-order valence-electron chi connectivity index (χ0n) is 14.9. The third-order valence-electron chi connectivity index (χ3n) is 5.27. The standard InChI is InChI=1S/C18H30N4O2/c1-14(12-15-5-10-24-11-6-15)20-16-4-3-8-22(13-16)17-18(23)21(2)9-7-19-17/h7,9,14-16,20H,3-6,8,10-13H2,1-2H3/t14-,16-/m0/s1. The van der Waals surface area contributed by atoms with Crippen LogP contribution in [0.2, 0.25) is 0 Å². The van der Waals surface area contributed by atoms with Crippen LogP contribution in [0.25, 0.3) is 0 Å². The maximum Gasteiger partial charge on any atom is 0.293 e. The fourth-order valence-electron chi connectivity index (χ4n) is 3.96. The molecule has 0 bridgehead atoms. The minimum absolute atomic E-state index is 0.00611. The SMILES string of the molecule is C[C@@H](CC1CCOCC1)N[C@H]1CCCN(c2nccn(C)c2=O)C1. The van der Waals surface area contributed by atoms with Crippen LogP contribution in [0.3, 0.4) is 0 Å². The van der Waals surface area contributed by atoms with Crippen molar-refractivity contribution in [3.8, 4) is 0 Å². The number of hydrogen-bond donors (Lipinski definition) is 1. The molecule has 2 saturated heterocycles. The van der Waals surface area contributed by atoms with Crippen LogP contribution in [-0.4, -0.2) is 47.9 Å². The summed E-state index contributed by atoms with van der Waals surface area (Å²) < 4.78 is 7.05. The average molecular weight is 334 g/mol. The lowest BCUT2D eigenvalue weighted by atomic mass is 9.92. The van der Waals surface area contributed by atoms with Crippen LogP contribution in [0.5, 0.6) is 0 Å². The second-order valence-electron chi connectivity index (χ2n) is 7.31. The molecule has 3 rings (SSSR count). The normalized spacial score (nSPS) is 24.1. The zero-order valence-corrected chi connectivity index (χ0v) is 14.9. The molecule has 134 valence electrons. The molecule has 0 spiro atoms. The molecule has 0 aliphatic carbocycles. The summed E-state index contributed by atoms with van der Waals surface area (Å²) in [6.07, 6.45) is 9.27. The highest BCUT2D eigenvalue weighted by atomic mass is 16.5. The predicted octanol–water partition coefficient (Wildman–Crippen LogP) is 1.54. The molecule has 2 aliphatic rings. The molecule has 2 atom stereocenters. The summed E-state index contributed by atoms with van der Waals surface area (Å²) in [5.41, 5.74) is -0.00611. The van der Waals surface area contributed by atoms with Gasteiger partial charge in [0.15, 0.2) is 5.82 Å². The van der Waals surface area contributed by atoms with Gasteiger partial charge in [0.25, 0.3) is 5.56 Å². The van der Waals surface area contributed by atoms with Crippen molar-refractivity contribution in [1.82, 2.24) is 14.9 Å². The van der Waals surface area contributed by atoms with E-state index >= 15 is 0 Å². The minimum atomic E-state index is -0.00611. The first-order valence-corrected chi connectivity index (χ1v) is 9.24. The van der Waals surface area contributed by atoms with Gasteiger partial charge in [0, 0.05) is 57.8 Å². The van der Waals surface area contributed by atoms with E-state index in [1.165, 1.54) is 25.7 Å². The van der Waals surface area contributed by atoms with Crippen molar-refractivity contribution in [2.24, 2.45) is 13.0 Å². The molecule has 0 saturated carbocycles. The fourth-order valence-corrected chi connectivity index (χ4v) is 3.96. The van der Waals surface area contributed by atoms with Crippen LogP contribution in [0, 0.1) is 5.92 Å². The molecular weight excluding hydrogens is 304 g/mol. The van der Waals surface area contributed by atoms with Crippen molar-refractivity contribution in [3.63, 3.8) is 0 Å². The van der Waals surface area contributed by atoms with E-state index in [9.17, 15) is 4.79 Å². The summed E-state index contributed by atoms with van der Waals surface area (Å²) in [7, 11) is 1.78. The highest BCUT2D eigenvalue weighted by Crippen LogP contribution is 2.21. The number of anilines is 1. The highest BCUT2D eigenvalue weighted by molar-refractivity contribution is 5.36. The summed E-state index contributed by atoms with van der Waals surface area (Å²) in [5.74, 6) is 1.37. The van der Waals surface area contributed by atoms with Crippen molar-refractivity contribution >= 4 is 5.82 Å². The first-order valence-electron chi connectivity index (χ1n) is 9.24. The third kappa shape index (κ3) is 4.36. The van der Waals surface area contributed by atoms with Crippen molar-refractivity contribution in [2.75, 3.05) is 31.2 Å². The van der Waals surface area contributed by atoms with Gasteiger partial charge < -0.3 is 19.5 Å². The molecule has 0 aromatic carbocycles. The Kier molecular flexibility index (Phi) is 5.89. The Morgan fingerprint density at radius 2 is 2.17 bits per heavy atom. The van der Waals surface area contributed by atoms with Gasteiger partial charge in [0.05, 0.1) is 0 Å². The number of nitrogens with one attached hydrogen (secondary N) is 1. The minimum Gasteiger partial charge on any atom is -0.381 e. The number of rotatable bonds is 5. The van der Waals surface area contributed by atoms with Gasteiger partial charge >= 0.3 is 0 Å². The molecule has 24 heavy (non-hydrogen) atoms. The lowest BCUT2D eigenvalue weighted by Crippen LogP contribution is -2.50. The van der Waals surface area contributed by atoms with Crippen molar-refractivity contribution in [1.29, 1.82) is 0 Å². The molecule has 0 amide bonds. The Labute approximate surface area is 144 Å². The second kappa shape index (κ2) is 8.12. The number of aryl methyl sites for hydroxylation is 1. The van der Waals surface area contributed by atoms with E-state index in [0.717, 1.165) is 38.6 Å². The van der Waals surface area contributed by atoms with Crippen molar-refractivity contribution < 1.29 is 4.74 Å². The van der Waals surface area contributed by atoms with E-state index in [0.29, 0.717) is 17.9 Å². The maximum atomic E-state index is 12.3. The van der Waals surface area contributed by atoms with Crippen LogP contribution in [-0.2, 0) is 11.8 Å². The van der Waals surface area contributed by atoms with Gasteiger partial charge in [-0.1, -0.05) is 0 Å². The quantitative estimate of drug-likeness (QED) is 0.885. The van der Waals surface area contributed by atoms with Gasteiger partial charge in [0.1, 0.15) is 0 Å². The van der Waals surface area contributed by atoms with E-state index in [4.69, 9.17) is 4.74 Å². The summed E-state index contributed by atoms with van der Waals surface area (Å²) in [5, 5.41) is 3.78. The Hall–Kier alpha value is -1.40. The molecule has 6 nitrogen and oxygen atoms in total. The topological polar surface area (TPSA) is 59.4 Å². The first-order chi connectivity index (χ1) is 11.6. The van der Waals surface area contributed by atoms with E-state index in [-0.39, 0.29) is 5.56 Å². The van der Waals surface area contributed by atoms with Gasteiger partial charge in [-0.15, -0.1) is 0 Å². The van der Waals surface area contributed by atoms with Gasteiger partial charge in [-0.3, -0.25) is 4.79 Å². The Bertz CT molecular complexity index is 583. The van der Waals surface area contributed by atoms with Crippen molar-refractivity contribution in [3.05, 3.63) is 22.7 Å². The van der Waals surface area contributed by atoms with Crippen LogP contribution in [0.1, 0.15) is 39.0 Å². The monoisotopic (exact) mass is 334 g/mol. The predicted molar refractivity (Wildman–Crippen MR) is 95.5 cm³/mol. The highest BCUT2D eigenvalue weighted by Gasteiger charge is 2.25. The zero-order chi connectivity index (χ0) is 16.9. The first kappa shape index (κ1) is 17.4. The molecule has 0 radical (unpaired) electrons. The fraction of sp³-hybridized carbons (Fsp3) is 0.778. The van der Waals surface area contributed by atoms with Crippen LogP contribution in [0.15, 0.2) is 17.2 Å². The molecule has 0 unspecified atom stereocenters. The number of ether oxygens (including phenoxy) is 1. The molecular formula is C18H30N4O2. The lowest BCUT2D eigenvalue weighted by Gasteiger charge is -2.36. The smallest absolute Gasteiger partial charge is 0.293 e.